The molecule has 0 radical (unpaired) electrons. The second-order valence-corrected chi connectivity index (χ2v) is 7.55. The number of thiazole rings is 1. The number of nitrogens with one attached hydrogen (secondary N) is 2. The highest BCUT2D eigenvalue weighted by Crippen LogP contribution is 2.20. The van der Waals surface area contributed by atoms with Crippen LogP contribution in [0.3, 0.4) is 0 Å². The highest BCUT2D eigenvalue weighted by molar-refractivity contribution is 7.09. The number of ether oxygens (including phenoxy) is 1. The van der Waals surface area contributed by atoms with Crippen LogP contribution in [0.2, 0.25) is 5.02 Å². The lowest BCUT2D eigenvalue weighted by Gasteiger charge is -2.10. The van der Waals surface area contributed by atoms with Gasteiger partial charge in [-0.2, -0.15) is 0 Å². The number of benzene rings is 1. The van der Waals surface area contributed by atoms with Crippen molar-refractivity contribution in [2.24, 2.45) is 0 Å². The molecule has 9 heteroatoms. The van der Waals surface area contributed by atoms with Crippen molar-refractivity contribution in [3.8, 4) is 5.75 Å². The van der Waals surface area contributed by atoms with Crippen LogP contribution in [0, 0.1) is 5.82 Å². The minimum Gasteiger partial charge on any atom is -0.484 e. The van der Waals surface area contributed by atoms with Gasteiger partial charge >= 0.3 is 0 Å². The minimum atomic E-state index is -0.624. The average molecular weight is 440 g/mol. The van der Waals surface area contributed by atoms with Gasteiger partial charge in [0, 0.05) is 36.5 Å². The van der Waals surface area contributed by atoms with Crippen LogP contribution in [0.5, 0.6) is 5.75 Å². The average Bonchev–Trinajstić information content (AvgIpc) is 3.15. The van der Waals surface area contributed by atoms with Crippen LogP contribution >= 0.6 is 22.9 Å². The van der Waals surface area contributed by atoms with E-state index < -0.39 is 11.7 Å². The number of aryl methyl sites for hydroxylation is 1. The standard InChI is InChI=1S/C20H23ClFN3O3S/c1-3-14-12-29-20(25-14)8-9-23-18(26)7-4-13(2)24-19(27)11-28-15-5-6-16(21)17(22)10-15/h5-6,10,12H,2-4,7-9,11H2,1H3,(H,23,26)(H,24,27). The van der Waals surface area contributed by atoms with Crippen molar-refractivity contribution in [3.63, 3.8) is 0 Å². The molecule has 29 heavy (non-hydrogen) atoms. The Morgan fingerprint density at radius 2 is 2.10 bits per heavy atom. The highest BCUT2D eigenvalue weighted by atomic mass is 35.5. The Morgan fingerprint density at radius 1 is 1.31 bits per heavy atom. The maximum Gasteiger partial charge on any atom is 0.262 e. The molecule has 0 unspecified atom stereocenters. The first-order valence-electron chi connectivity index (χ1n) is 9.12. The molecule has 0 aliphatic heterocycles. The summed E-state index contributed by atoms with van der Waals surface area (Å²) in [6.45, 7) is 5.99. The van der Waals surface area contributed by atoms with Gasteiger partial charge in [0.1, 0.15) is 11.6 Å². The number of halogens is 2. The van der Waals surface area contributed by atoms with Crippen molar-refractivity contribution in [1.82, 2.24) is 15.6 Å². The zero-order valence-corrected chi connectivity index (χ0v) is 17.7. The Balaban J connectivity index is 1.60. The first-order chi connectivity index (χ1) is 13.9. The van der Waals surface area contributed by atoms with Crippen molar-refractivity contribution < 1.29 is 18.7 Å². The lowest BCUT2D eigenvalue weighted by molar-refractivity contribution is -0.123. The lowest BCUT2D eigenvalue weighted by Crippen LogP contribution is -2.29. The van der Waals surface area contributed by atoms with Crippen LogP contribution in [-0.2, 0) is 22.4 Å². The molecule has 2 N–H and O–H groups in total. The van der Waals surface area contributed by atoms with Crippen LogP contribution in [0.15, 0.2) is 35.9 Å². The molecule has 0 fully saturated rings. The molecule has 1 aromatic carbocycles. The first-order valence-corrected chi connectivity index (χ1v) is 10.4. The normalized spacial score (nSPS) is 10.4. The van der Waals surface area contributed by atoms with E-state index in [0.717, 1.165) is 23.2 Å². The third kappa shape index (κ3) is 8.21. The fourth-order valence-corrected chi connectivity index (χ4v) is 3.30. The van der Waals surface area contributed by atoms with Gasteiger partial charge in [-0.05, 0) is 25.0 Å². The smallest absolute Gasteiger partial charge is 0.262 e. The van der Waals surface area contributed by atoms with Crippen molar-refractivity contribution in [3.05, 3.63) is 57.4 Å². The van der Waals surface area contributed by atoms with Gasteiger partial charge in [-0.1, -0.05) is 25.1 Å². The van der Waals surface area contributed by atoms with E-state index in [2.05, 4.69) is 29.1 Å². The molecule has 1 aromatic heterocycles. The molecule has 0 saturated carbocycles. The van der Waals surface area contributed by atoms with Crippen LogP contribution < -0.4 is 15.4 Å². The Labute approximate surface area is 178 Å². The molecule has 2 rings (SSSR count). The van der Waals surface area contributed by atoms with Gasteiger partial charge < -0.3 is 15.4 Å². The number of nitrogens with zero attached hydrogens (tertiary/aromatic N) is 1. The van der Waals surface area contributed by atoms with Crippen molar-refractivity contribution in [2.75, 3.05) is 13.2 Å². The monoisotopic (exact) mass is 439 g/mol. The van der Waals surface area contributed by atoms with Crippen LogP contribution in [0.1, 0.15) is 30.5 Å². The van der Waals surface area contributed by atoms with E-state index in [0.29, 0.717) is 25.1 Å². The first kappa shape index (κ1) is 22.8. The zero-order chi connectivity index (χ0) is 21.2. The van der Waals surface area contributed by atoms with E-state index in [1.54, 1.807) is 11.3 Å². The minimum absolute atomic E-state index is 0.0224. The Bertz CT molecular complexity index is 872. The fraction of sp³-hybridized carbons (Fsp3) is 0.350. The molecule has 156 valence electrons. The summed E-state index contributed by atoms with van der Waals surface area (Å²) < 4.78 is 18.5. The Hall–Kier alpha value is -2.45. The van der Waals surface area contributed by atoms with Gasteiger partial charge in [0.25, 0.3) is 5.91 Å². The maximum atomic E-state index is 13.3. The van der Waals surface area contributed by atoms with E-state index in [1.165, 1.54) is 12.1 Å². The van der Waals surface area contributed by atoms with Crippen molar-refractivity contribution >= 4 is 34.8 Å². The second kappa shape index (κ2) is 11.5. The number of amides is 2. The van der Waals surface area contributed by atoms with E-state index in [4.69, 9.17) is 16.3 Å². The van der Waals surface area contributed by atoms with Crippen LogP contribution in [0.4, 0.5) is 4.39 Å². The third-order valence-electron chi connectivity index (χ3n) is 3.85. The summed E-state index contributed by atoms with van der Waals surface area (Å²) >= 11 is 7.18. The summed E-state index contributed by atoms with van der Waals surface area (Å²) in [4.78, 5) is 28.2. The number of carbonyl (C=O) groups is 2. The second-order valence-electron chi connectivity index (χ2n) is 6.20. The molecule has 6 nitrogen and oxygen atoms in total. The number of hydrogen-bond donors (Lipinski definition) is 2. The Kier molecular flexibility index (Phi) is 9.08. The summed E-state index contributed by atoms with van der Waals surface area (Å²) in [5.41, 5.74) is 1.47. The van der Waals surface area contributed by atoms with E-state index in [-0.39, 0.29) is 29.7 Å². The van der Waals surface area contributed by atoms with E-state index >= 15 is 0 Å². The summed E-state index contributed by atoms with van der Waals surface area (Å²) in [6, 6.07) is 3.91. The molecule has 0 saturated heterocycles. The maximum absolute atomic E-state index is 13.3. The predicted molar refractivity (Wildman–Crippen MR) is 112 cm³/mol. The summed E-state index contributed by atoms with van der Waals surface area (Å²) in [5, 5.41) is 8.38. The molecule has 2 aromatic rings. The zero-order valence-electron chi connectivity index (χ0n) is 16.1. The molecular formula is C20H23ClFN3O3S. The topological polar surface area (TPSA) is 80.3 Å². The number of rotatable bonds is 11. The number of allylic oxidation sites excluding steroid dienone is 1. The lowest BCUT2D eigenvalue weighted by atomic mass is 10.2. The van der Waals surface area contributed by atoms with Crippen molar-refractivity contribution in [1.29, 1.82) is 0 Å². The van der Waals surface area contributed by atoms with Gasteiger partial charge in [-0.3, -0.25) is 9.59 Å². The van der Waals surface area contributed by atoms with Gasteiger partial charge in [-0.15, -0.1) is 11.3 Å². The molecular weight excluding hydrogens is 417 g/mol. The largest absolute Gasteiger partial charge is 0.484 e. The number of aromatic nitrogens is 1. The molecule has 1 heterocycles. The summed E-state index contributed by atoms with van der Waals surface area (Å²) in [5.74, 6) is -0.999. The van der Waals surface area contributed by atoms with E-state index in [1.807, 2.05) is 5.38 Å². The molecule has 2 amide bonds. The number of hydrogen-bond acceptors (Lipinski definition) is 5. The SMILES string of the molecule is C=C(CCC(=O)NCCc1nc(CC)cs1)NC(=O)COc1ccc(Cl)c(F)c1. The molecule has 0 aliphatic rings. The quantitative estimate of drug-likeness (QED) is 0.560. The summed E-state index contributed by atoms with van der Waals surface area (Å²) in [6.07, 6.45) is 2.11. The Morgan fingerprint density at radius 3 is 2.79 bits per heavy atom. The van der Waals surface area contributed by atoms with E-state index in [9.17, 15) is 14.0 Å². The van der Waals surface area contributed by atoms with Gasteiger partial charge in [-0.25, -0.2) is 9.37 Å². The molecule has 0 spiro atoms. The third-order valence-corrected chi connectivity index (χ3v) is 5.12. The van der Waals surface area contributed by atoms with Gasteiger partial charge in [0.2, 0.25) is 5.91 Å². The van der Waals surface area contributed by atoms with Crippen LogP contribution in [0.25, 0.3) is 0 Å². The predicted octanol–water partition coefficient (Wildman–Crippen LogP) is 3.65. The summed E-state index contributed by atoms with van der Waals surface area (Å²) in [7, 11) is 0. The molecule has 0 aliphatic carbocycles. The number of carbonyl (C=O) groups excluding carboxylic acids is 2. The van der Waals surface area contributed by atoms with Gasteiger partial charge in [0.05, 0.1) is 15.7 Å². The molecule has 0 atom stereocenters. The van der Waals surface area contributed by atoms with Gasteiger partial charge in [0.15, 0.2) is 6.61 Å². The highest BCUT2D eigenvalue weighted by Gasteiger charge is 2.09. The van der Waals surface area contributed by atoms with Crippen molar-refractivity contribution in [2.45, 2.75) is 32.6 Å². The fourth-order valence-electron chi connectivity index (χ4n) is 2.30. The molecule has 0 bridgehead atoms. The van der Waals surface area contributed by atoms with Crippen LogP contribution in [-0.4, -0.2) is 29.9 Å².